The van der Waals surface area contributed by atoms with Crippen molar-refractivity contribution in [2.75, 3.05) is 54.2 Å². The maximum atomic E-state index is 13.2. The van der Waals surface area contributed by atoms with Crippen molar-refractivity contribution in [3.05, 3.63) is 64.2 Å². The Hall–Kier alpha value is -2.85. The van der Waals surface area contributed by atoms with E-state index in [-0.39, 0.29) is 25.1 Å². The van der Waals surface area contributed by atoms with E-state index >= 15 is 0 Å². The summed E-state index contributed by atoms with van der Waals surface area (Å²) >= 11 is 6.26. The van der Waals surface area contributed by atoms with Gasteiger partial charge in [0.1, 0.15) is 11.9 Å². The van der Waals surface area contributed by atoms with E-state index < -0.39 is 12.2 Å². The van der Waals surface area contributed by atoms with Gasteiger partial charge in [0, 0.05) is 42.9 Å². The fraction of sp³-hybridized carbons (Fsp3) is 0.500. The summed E-state index contributed by atoms with van der Waals surface area (Å²) in [7, 11) is 4.77. The molecule has 0 aliphatic carbocycles. The van der Waals surface area contributed by atoms with Crippen LogP contribution < -0.4 is 20.7 Å². The van der Waals surface area contributed by atoms with E-state index in [9.17, 15) is 9.59 Å². The van der Waals surface area contributed by atoms with Crippen LogP contribution in [0.25, 0.3) is 0 Å². The number of ether oxygens (including phenoxy) is 4. The molecule has 0 bridgehead atoms. The van der Waals surface area contributed by atoms with Crippen molar-refractivity contribution in [2.24, 2.45) is 5.92 Å². The molecule has 2 amide bonds. The smallest absolute Gasteiger partial charge is 0.406 e. The van der Waals surface area contributed by atoms with Crippen LogP contribution in [0.4, 0.5) is 4.79 Å². The van der Waals surface area contributed by atoms with E-state index in [1.165, 1.54) is 7.11 Å². The number of hydrogen-bond acceptors (Lipinski definition) is 7. The molecule has 3 rings (SSSR count). The van der Waals surface area contributed by atoms with Gasteiger partial charge in [0.2, 0.25) is 0 Å². The van der Waals surface area contributed by atoms with Crippen molar-refractivity contribution in [3.63, 3.8) is 0 Å². The Labute approximate surface area is 229 Å². The van der Waals surface area contributed by atoms with Crippen LogP contribution in [0.2, 0.25) is 5.02 Å². The molecule has 0 saturated carbocycles. The normalized spacial score (nSPS) is 16.8. The molecule has 0 aromatic heterocycles. The summed E-state index contributed by atoms with van der Waals surface area (Å²) in [6, 6.07) is 12.8. The molecule has 1 saturated heterocycles. The van der Waals surface area contributed by atoms with Gasteiger partial charge in [-0.15, -0.1) is 0 Å². The Kier molecular flexibility index (Phi) is 12.1. The lowest BCUT2D eigenvalue weighted by Gasteiger charge is -2.26. The lowest BCUT2D eigenvalue weighted by molar-refractivity contribution is 0.0478. The third kappa shape index (κ3) is 9.16. The molecule has 2 aromatic carbocycles. The van der Waals surface area contributed by atoms with Gasteiger partial charge in [-0.2, -0.15) is 0 Å². The Balaban J connectivity index is 1.75. The van der Waals surface area contributed by atoms with E-state index in [0.29, 0.717) is 28.8 Å². The molecule has 2 aromatic rings. The van der Waals surface area contributed by atoms with Crippen LogP contribution in [-0.4, -0.2) is 72.2 Å². The molecule has 3 N–H and O–H groups in total. The standard InChI is InChI=1S/C28H38ClN3O6/c1-30-24(12-19-6-5-10-37-18-19)17-32-27(33)22-13-21(15-25(16-22)35-2)26(20-7-4-8-23(29)14-20)38-11-9-31-28(34)36-3/h4,7-8,13-16,19,24,26,30H,5-6,9-12,17-18H2,1-3H3,(H,31,34)(H,32,33)/t19-,24?,26?/m1/s1. The van der Waals surface area contributed by atoms with Crippen LogP contribution in [-0.2, 0) is 14.2 Å². The van der Waals surface area contributed by atoms with Gasteiger partial charge in [-0.3, -0.25) is 4.79 Å². The zero-order valence-electron chi connectivity index (χ0n) is 22.3. The molecule has 1 aliphatic heterocycles. The average molecular weight is 548 g/mol. The predicted octanol–water partition coefficient (Wildman–Crippen LogP) is 3.95. The third-order valence-corrected chi connectivity index (χ3v) is 6.75. The van der Waals surface area contributed by atoms with Gasteiger partial charge in [-0.05, 0) is 73.7 Å². The van der Waals surface area contributed by atoms with Gasteiger partial charge in [-0.1, -0.05) is 23.7 Å². The van der Waals surface area contributed by atoms with Crippen LogP contribution in [0, 0.1) is 5.92 Å². The van der Waals surface area contributed by atoms with E-state index in [2.05, 4.69) is 20.7 Å². The highest BCUT2D eigenvalue weighted by molar-refractivity contribution is 6.30. The van der Waals surface area contributed by atoms with Crippen LogP contribution >= 0.6 is 11.6 Å². The molecular formula is C28H38ClN3O6. The Morgan fingerprint density at radius 3 is 2.66 bits per heavy atom. The first-order chi connectivity index (χ1) is 18.4. The molecule has 0 spiro atoms. The minimum absolute atomic E-state index is 0.139. The molecule has 3 atom stereocenters. The van der Waals surface area contributed by atoms with Gasteiger partial charge < -0.3 is 34.9 Å². The first-order valence-electron chi connectivity index (χ1n) is 12.8. The molecule has 2 unspecified atom stereocenters. The van der Waals surface area contributed by atoms with Crippen molar-refractivity contribution >= 4 is 23.6 Å². The van der Waals surface area contributed by atoms with E-state index in [1.54, 1.807) is 25.3 Å². The van der Waals surface area contributed by atoms with Crippen molar-refractivity contribution < 1.29 is 28.5 Å². The van der Waals surface area contributed by atoms with Gasteiger partial charge in [0.25, 0.3) is 5.91 Å². The molecule has 1 fully saturated rings. The average Bonchev–Trinajstić information content (AvgIpc) is 2.95. The SMILES string of the molecule is CNC(CNC(=O)c1cc(OC)cc(C(OCCNC(=O)OC)c2cccc(Cl)c2)c1)C[C@H]1CCCOC1. The quantitative estimate of drug-likeness (QED) is 0.326. The minimum atomic E-state index is -0.550. The first-order valence-corrected chi connectivity index (χ1v) is 13.2. The number of rotatable bonds is 13. The maximum absolute atomic E-state index is 13.2. The van der Waals surface area contributed by atoms with E-state index in [0.717, 1.165) is 43.6 Å². The summed E-state index contributed by atoms with van der Waals surface area (Å²) in [5, 5.41) is 9.53. The predicted molar refractivity (Wildman–Crippen MR) is 146 cm³/mol. The van der Waals surface area contributed by atoms with Gasteiger partial charge in [0.15, 0.2) is 0 Å². The maximum Gasteiger partial charge on any atom is 0.406 e. The van der Waals surface area contributed by atoms with Crippen molar-refractivity contribution in [3.8, 4) is 5.75 Å². The summed E-state index contributed by atoms with van der Waals surface area (Å²) in [6.45, 7) is 2.55. The van der Waals surface area contributed by atoms with Gasteiger partial charge >= 0.3 is 6.09 Å². The molecule has 0 radical (unpaired) electrons. The Morgan fingerprint density at radius 1 is 1.13 bits per heavy atom. The van der Waals surface area contributed by atoms with Gasteiger partial charge in [-0.25, -0.2) is 4.79 Å². The largest absolute Gasteiger partial charge is 0.497 e. The lowest BCUT2D eigenvalue weighted by Crippen LogP contribution is -2.41. The summed E-state index contributed by atoms with van der Waals surface area (Å²) in [4.78, 5) is 24.6. The number of alkyl carbamates (subject to hydrolysis) is 1. The fourth-order valence-electron chi connectivity index (χ4n) is 4.50. The third-order valence-electron chi connectivity index (χ3n) is 6.51. The van der Waals surface area contributed by atoms with Gasteiger partial charge in [0.05, 0.1) is 20.8 Å². The highest BCUT2D eigenvalue weighted by Crippen LogP contribution is 2.31. The summed E-state index contributed by atoms with van der Waals surface area (Å²) in [5.74, 6) is 0.814. The first kappa shape index (κ1) is 29.7. The second-order valence-electron chi connectivity index (χ2n) is 9.23. The van der Waals surface area contributed by atoms with Crippen molar-refractivity contribution in [2.45, 2.75) is 31.4 Å². The molecular weight excluding hydrogens is 510 g/mol. The molecule has 1 aliphatic rings. The summed E-state index contributed by atoms with van der Waals surface area (Å²) < 4.78 is 21.9. The number of hydrogen-bond donors (Lipinski definition) is 3. The molecule has 38 heavy (non-hydrogen) atoms. The number of benzene rings is 2. The molecule has 10 heteroatoms. The minimum Gasteiger partial charge on any atom is -0.497 e. The van der Waals surface area contributed by atoms with Crippen LogP contribution in [0.1, 0.15) is 46.9 Å². The molecule has 1 heterocycles. The fourth-order valence-corrected chi connectivity index (χ4v) is 4.69. The topological polar surface area (TPSA) is 107 Å². The van der Waals surface area contributed by atoms with Crippen LogP contribution in [0.3, 0.4) is 0 Å². The molecule has 9 nitrogen and oxygen atoms in total. The number of likely N-dealkylation sites (N-methyl/N-ethyl adjacent to an activating group) is 1. The Bertz CT molecular complexity index is 1050. The molecule has 208 valence electrons. The number of methoxy groups -OCH3 is 2. The highest BCUT2D eigenvalue weighted by atomic mass is 35.5. The zero-order valence-corrected chi connectivity index (χ0v) is 23.0. The van der Waals surface area contributed by atoms with E-state index in [1.807, 2.05) is 31.3 Å². The monoisotopic (exact) mass is 547 g/mol. The Morgan fingerprint density at radius 2 is 1.97 bits per heavy atom. The van der Waals surface area contributed by atoms with E-state index in [4.69, 9.17) is 25.8 Å². The van der Waals surface area contributed by atoms with Crippen LogP contribution in [0.5, 0.6) is 5.75 Å². The zero-order chi connectivity index (χ0) is 27.3. The number of halogens is 1. The number of nitrogens with one attached hydrogen (secondary N) is 3. The number of carbonyl (C=O) groups excluding carboxylic acids is 2. The van der Waals surface area contributed by atoms with Crippen LogP contribution in [0.15, 0.2) is 42.5 Å². The number of amides is 2. The summed E-state index contributed by atoms with van der Waals surface area (Å²) in [6.07, 6.45) is 2.07. The number of carbonyl (C=O) groups is 2. The second-order valence-corrected chi connectivity index (χ2v) is 9.67. The lowest BCUT2D eigenvalue weighted by atomic mass is 9.94. The second kappa shape index (κ2) is 15.5. The summed E-state index contributed by atoms with van der Waals surface area (Å²) in [5.41, 5.74) is 1.98. The van der Waals surface area contributed by atoms with Crippen molar-refractivity contribution in [1.82, 2.24) is 16.0 Å². The highest BCUT2D eigenvalue weighted by Gasteiger charge is 2.22. The van der Waals surface area contributed by atoms with Crippen molar-refractivity contribution in [1.29, 1.82) is 0 Å².